The molecule has 0 saturated heterocycles. The molecule has 0 unspecified atom stereocenters. The molecule has 0 aliphatic rings. The number of aromatic nitrogens is 3. The molecule has 132 valence electrons. The van der Waals surface area contributed by atoms with E-state index in [1.807, 2.05) is 42.9 Å². The SMILES string of the molecule is CCCN(CCCNc1ccnc2cc(Cl)ccc12)Cc1ncc[nH]1. The molecule has 3 aromatic rings. The number of halogens is 1. The molecular formula is C19H24ClN5. The van der Waals surface area contributed by atoms with Gasteiger partial charge in [0, 0.05) is 47.8 Å². The van der Waals surface area contributed by atoms with Crippen LogP contribution >= 0.6 is 11.6 Å². The maximum Gasteiger partial charge on any atom is 0.120 e. The second-order valence-electron chi connectivity index (χ2n) is 6.11. The normalized spacial score (nSPS) is 11.3. The lowest BCUT2D eigenvalue weighted by Gasteiger charge is -2.20. The van der Waals surface area contributed by atoms with Gasteiger partial charge in [-0.1, -0.05) is 18.5 Å². The average Bonchev–Trinajstić information content (AvgIpc) is 3.11. The van der Waals surface area contributed by atoms with Crippen molar-refractivity contribution in [1.82, 2.24) is 19.9 Å². The van der Waals surface area contributed by atoms with Gasteiger partial charge in [-0.2, -0.15) is 0 Å². The average molecular weight is 358 g/mol. The molecule has 2 heterocycles. The highest BCUT2D eigenvalue weighted by Gasteiger charge is 2.07. The van der Waals surface area contributed by atoms with E-state index in [1.54, 1.807) is 0 Å². The number of nitrogens with zero attached hydrogens (tertiary/aromatic N) is 3. The lowest BCUT2D eigenvalue weighted by molar-refractivity contribution is 0.259. The highest BCUT2D eigenvalue weighted by Crippen LogP contribution is 2.24. The van der Waals surface area contributed by atoms with E-state index < -0.39 is 0 Å². The third kappa shape index (κ3) is 4.94. The molecule has 5 nitrogen and oxygen atoms in total. The molecule has 0 bridgehead atoms. The fourth-order valence-electron chi connectivity index (χ4n) is 2.98. The maximum absolute atomic E-state index is 6.05. The Hall–Kier alpha value is -2.11. The van der Waals surface area contributed by atoms with Crippen molar-refractivity contribution >= 4 is 28.2 Å². The van der Waals surface area contributed by atoms with Crippen LogP contribution in [0, 0.1) is 0 Å². The Morgan fingerprint density at radius 1 is 1.16 bits per heavy atom. The number of hydrogen-bond donors (Lipinski definition) is 2. The first kappa shape index (κ1) is 17.7. The summed E-state index contributed by atoms with van der Waals surface area (Å²) >= 11 is 6.05. The molecule has 0 radical (unpaired) electrons. The second kappa shape index (κ2) is 8.83. The number of imidazole rings is 1. The number of pyridine rings is 1. The summed E-state index contributed by atoms with van der Waals surface area (Å²) in [5, 5.41) is 5.35. The predicted molar refractivity (Wildman–Crippen MR) is 104 cm³/mol. The van der Waals surface area contributed by atoms with Crippen LogP contribution in [0.1, 0.15) is 25.6 Å². The molecule has 25 heavy (non-hydrogen) atoms. The quantitative estimate of drug-likeness (QED) is 0.560. The van der Waals surface area contributed by atoms with Crippen molar-refractivity contribution in [1.29, 1.82) is 0 Å². The number of hydrogen-bond acceptors (Lipinski definition) is 4. The standard InChI is InChI=1S/C19H24ClN5/c1-2-11-25(14-19-23-9-10-24-19)12-3-7-21-17-6-8-22-18-13-15(20)4-5-16(17)18/h4-6,8-10,13H,2-3,7,11-12,14H2,1H3,(H,21,22)(H,23,24). The van der Waals surface area contributed by atoms with Crippen LogP contribution in [0.25, 0.3) is 10.9 Å². The highest BCUT2D eigenvalue weighted by molar-refractivity contribution is 6.31. The van der Waals surface area contributed by atoms with Crippen molar-refractivity contribution in [3.8, 4) is 0 Å². The van der Waals surface area contributed by atoms with E-state index in [0.717, 1.165) is 61.4 Å². The summed E-state index contributed by atoms with van der Waals surface area (Å²) in [7, 11) is 0. The van der Waals surface area contributed by atoms with E-state index in [2.05, 4.69) is 32.1 Å². The van der Waals surface area contributed by atoms with Crippen LogP contribution in [-0.2, 0) is 6.54 Å². The van der Waals surface area contributed by atoms with E-state index in [1.165, 1.54) is 0 Å². The molecule has 1 aromatic carbocycles. The molecule has 3 rings (SSSR count). The number of nitrogens with one attached hydrogen (secondary N) is 2. The van der Waals surface area contributed by atoms with Gasteiger partial charge in [0.2, 0.25) is 0 Å². The Bertz CT molecular complexity index is 788. The van der Waals surface area contributed by atoms with Crippen molar-refractivity contribution in [3.63, 3.8) is 0 Å². The van der Waals surface area contributed by atoms with Crippen molar-refractivity contribution in [2.75, 3.05) is 25.0 Å². The maximum atomic E-state index is 6.05. The fraction of sp³-hybridized carbons (Fsp3) is 0.368. The van der Waals surface area contributed by atoms with Gasteiger partial charge in [-0.15, -0.1) is 0 Å². The smallest absolute Gasteiger partial charge is 0.120 e. The van der Waals surface area contributed by atoms with Crippen LogP contribution in [-0.4, -0.2) is 39.5 Å². The minimum absolute atomic E-state index is 0.713. The molecule has 2 aromatic heterocycles. The Morgan fingerprint density at radius 3 is 2.88 bits per heavy atom. The molecule has 0 saturated carbocycles. The molecule has 6 heteroatoms. The molecule has 0 aliphatic heterocycles. The van der Waals surface area contributed by atoms with Gasteiger partial charge in [-0.3, -0.25) is 9.88 Å². The molecule has 0 spiro atoms. The van der Waals surface area contributed by atoms with Crippen LogP contribution in [0.15, 0.2) is 42.9 Å². The number of fused-ring (bicyclic) bond motifs is 1. The minimum atomic E-state index is 0.713. The summed E-state index contributed by atoms with van der Waals surface area (Å²) in [6, 6.07) is 7.84. The first-order valence-electron chi connectivity index (χ1n) is 8.75. The zero-order valence-corrected chi connectivity index (χ0v) is 15.3. The van der Waals surface area contributed by atoms with Crippen LogP contribution < -0.4 is 5.32 Å². The van der Waals surface area contributed by atoms with E-state index in [4.69, 9.17) is 11.6 Å². The van der Waals surface area contributed by atoms with Gasteiger partial charge in [0.1, 0.15) is 5.82 Å². The summed E-state index contributed by atoms with van der Waals surface area (Å²) in [6.45, 7) is 6.12. The third-order valence-electron chi connectivity index (χ3n) is 4.14. The Balaban J connectivity index is 1.53. The molecular weight excluding hydrogens is 334 g/mol. The largest absolute Gasteiger partial charge is 0.384 e. The van der Waals surface area contributed by atoms with Gasteiger partial charge in [0.05, 0.1) is 12.1 Å². The van der Waals surface area contributed by atoms with E-state index in [9.17, 15) is 0 Å². The van der Waals surface area contributed by atoms with E-state index in [-0.39, 0.29) is 0 Å². The van der Waals surface area contributed by atoms with Gasteiger partial charge in [0.15, 0.2) is 0 Å². The Labute approximate surface area is 153 Å². The van der Waals surface area contributed by atoms with Crippen LogP contribution in [0.2, 0.25) is 5.02 Å². The lowest BCUT2D eigenvalue weighted by Crippen LogP contribution is -2.27. The summed E-state index contributed by atoms with van der Waals surface area (Å²) < 4.78 is 0. The van der Waals surface area contributed by atoms with E-state index >= 15 is 0 Å². The van der Waals surface area contributed by atoms with Crippen LogP contribution in [0.3, 0.4) is 0 Å². The predicted octanol–water partition coefficient (Wildman–Crippen LogP) is 4.33. The lowest BCUT2D eigenvalue weighted by atomic mass is 10.2. The zero-order chi connectivity index (χ0) is 17.5. The van der Waals surface area contributed by atoms with Gasteiger partial charge < -0.3 is 10.3 Å². The summed E-state index contributed by atoms with van der Waals surface area (Å²) in [4.78, 5) is 14.3. The Kier molecular flexibility index (Phi) is 6.25. The fourth-order valence-corrected chi connectivity index (χ4v) is 3.15. The number of H-pyrrole nitrogens is 1. The number of aromatic amines is 1. The summed E-state index contributed by atoms with van der Waals surface area (Å²) in [5.41, 5.74) is 2.03. The highest BCUT2D eigenvalue weighted by atomic mass is 35.5. The van der Waals surface area contributed by atoms with Crippen molar-refractivity contribution in [2.24, 2.45) is 0 Å². The van der Waals surface area contributed by atoms with Gasteiger partial charge in [-0.05, 0) is 43.7 Å². The van der Waals surface area contributed by atoms with Gasteiger partial charge in [0.25, 0.3) is 0 Å². The summed E-state index contributed by atoms with van der Waals surface area (Å²) in [6.07, 6.45) is 7.72. The third-order valence-corrected chi connectivity index (χ3v) is 4.37. The number of anilines is 1. The molecule has 0 atom stereocenters. The number of rotatable bonds is 9. The monoisotopic (exact) mass is 357 g/mol. The Morgan fingerprint density at radius 2 is 2.08 bits per heavy atom. The molecule has 0 aliphatic carbocycles. The second-order valence-corrected chi connectivity index (χ2v) is 6.55. The van der Waals surface area contributed by atoms with Gasteiger partial charge >= 0.3 is 0 Å². The zero-order valence-electron chi connectivity index (χ0n) is 14.5. The first-order valence-corrected chi connectivity index (χ1v) is 9.13. The van der Waals surface area contributed by atoms with Crippen molar-refractivity contribution in [2.45, 2.75) is 26.3 Å². The molecule has 0 fully saturated rings. The van der Waals surface area contributed by atoms with Crippen molar-refractivity contribution in [3.05, 3.63) is 53.7 Å². The van der Waals surface area contributed by atoms with Crippen LogP contribution in [0.4, 0.5) is 5.69 Å². The van der Waals surface area contributed by atoms with Crippen molar-refractivity contribution < 1.29 is 0 Å². The molecule has 0 amide bonds. The van der Waals surface area contributed by atoms with E-state index in [0.29, 0.717) is 5.02 Å². The number of benzene rings is 1. The first-order chi connectivity index (χ1) is 12.3. The minimum Gasteiger partial charge on any atom is -0.384 e. The summed E-state index contributed by atoms with van der Waals surface area (Å²) in [5.74, 6) is 1.03. The van der Waals surface area contributed by atoms with Gasteiger partial charge in [-0.25, -0.2) is 4.98 Å². The van der Waals surface area contributed by atoms with Crippen LogP contribution in [0.5, 0.6) is 0 Å². The molecule has 2 N–H and O–H groups in total. The topological polar surface area (TPSA) is 56.8 Å².